The first-order valence-electron chi connectivity index (χ1n) is 8.78. The Morgan fingerprint density at radius 3 is 2.40 bits per heavy atom. The van der Waals surface area contributed by atoms with Gasteiger partial charge in [0.15, 0.2) is 0 Å². The Morgan fingerprint density at radius 1 is 1.15 bits per heavy atom. The molecule has 116 valence electrons. The highest BCUT2D eigenvalue weighted by molar-refractivity contribution is 4.98. The maximum absolute atomic E-state index is 6.06. The average molecular weight is 280 g/mol. The summed E-state index contributed by atoms with van der Waals surface area (Å²) in [7, 11) is 1.90. The Kier molecular flexibility index (Phi) is 4.68. The van der Waals surface area contributed by atoms with Gasteiger partial charge >= 0.3 is 0 Å². The second-order valence-corrected chi connectivity index (χ2v) is 7.57. The first kappa shape index (κ1) is 14.8. The molecule has 0 radical (unpaired) electrons. The molecule has 0 aromatic rings. The zero-order chi connectivity index (χ0) is 14.0. The molecule has 3 saturated carbocycles. The first-order valence-corrected chi connectivity index (χ1v) is 8.78. The first-order chi connectivity index (χ1) is 9.77. The van der Waals surface area contributed by atoms with Crippen molar-refractivity contribution in [1.29, 1.82) is 0 Å². The maximum atomic E-state index is 6.06. The SMILES string of the molecule is COC1(C(CC2CC3CCC2C3)NN)CCCCCC1. The van der Waals surface area contributed by atoms with Gasteiger partial charge in [-0.05, 0) is 56.3 Å². The summed E-state index contributed by atoms with van der Waals surface area (Å²) in [4.78, 5) is 0. The van der Waals surface area contributed by atoms with Crippen molar-refractivity contribution in [2.75, 3.05) is 7.11 Å². The third-order valence-corrected chi connectivity index (χ3v) is 6.62. The van der Waals surface area contributed by atoms with E-state index in [1.165, 1.54) is 70.6 Å². The Labute approximate surface area is 124 Å². The van der Waals surface area contributed by atoms with Crippen molar-refractivity contribution in [2.45, 2.75) is 82.3 Å². The zero-order valence-corrected chi connectivity index (χ0v) is 13.1. The molecule has 3 heteroatoms. The molecule has 0 saturated heterocycles. The van der Waals surface area contributed by atoms with Crippen LogP contribution in [0.5, 0.6) is 0 Å². The van der Waals surface area contributed by atoms with Crippen molar-refractivity contribution in [2.24, 2.45) is 23.6 Å². The van der Waals surface area contributed by atoms with E-state index in [-0.39, 0.29) is 5.60 Å². The smallest absolute Gasteiger partial charge is 0.0844 e. The van der Waals surface area contributed by atoms with Gasteiger partial charge in [-0.1, -0.05) is 32.1 Å². The molecule has 0 amide bonds. The molecular weight excluding hydrogens is 248 g/mol. The van der Waals surface area contributed by atoms with Gasteiger partial charge in [0.05, 0.1) is 11.6 Å². The summed E-state index contributed by atoms with van der Waals surface area (Å²) < 4.78 is 6.06. The molecule has 4 atom stereocenters. The van der Waals surface area contributed by atoms with Gasteiger partial charge in [-0.2, -0.15) is 0 Å². The monoisotopic (exact) mass is 280 g/mol. The van der Waals surface area contributed by atoms with Crippen LogP contribution in [-0.4, -0.2) is 18.8 Å². The van der Waals surface area contributed by atoms with Crippen LogP contribution >= 0.6 is 0 Å². The molecule has 3 rings (SSSR count). The van der Waals surface area contributed by atoms with Crippen LogP contribution in [0.3, 0.4) is 0 Å². The fraction of sp³-hybridized carbons (Fsp3) is 1.00. The fourth-order valence-corrected chi connectivity index (χ4v) is 5.42. The summed E-state index contributed by atoms with van der Waals surface area (Å²) in [5, 5.41) is 0. The molecular formula is C17H32N2O. The number of hydrogen-bond acceptors (Lipinski definition) is 3. The number of methoxy groups -OCH3 is 1. The minimum Gasteiger partial charge on any atom is -0.377 e. The average Bonchev–Trinajstić information content (AvgIpc) is 3.01. The molecule has 0 aliphatic heterocycles. The van der Waals surface area contributed by atoms with E-state index in [4.69, 9.17) is 10.6 Å². The maximum Gasteiger partial charge on any atom is 0.0844 e. The molecule has 0 heterocycles. The highest BCUT2D eigenvalue weighted by atomic mass is 16.5. The summed E-state index contributed by atoms with van der Waals surface area (Å²) in [5.74, 6) is 8.86. The quantitative estimate of drug-likeness (QED) is 0.461. The van der Waals surface area contributed by atoms with E-state index in [0.717, 1.165) is 17.8 Å². The van der Waals surface area contributed by atoms with Crippen LogP contribution in [-0.2, 0) is 4.74 Å². The van der Waals surface area contributed by atoms with Crippen LogP contribution in [0.2, 0.25) is 0 Å². The molecule has 3 fully saturated rings. The van der Waals surface area contributed by atoms with Gasteiger partial charge in [-0.25, -0.2) is 0 Å². The van der Waals surface area contributed by atoms with E-state index < -0.39 is 0 Å². The van der Waals surface area contributed by atoms with Gasteiger partial charge in [0.25, 0.3) is 0 Å². The number of fused-ring (bicyclic) bond motifs is 2. The van der Waals surface area contributed by atoms with Gasteiger partial charge in [-0.15, -0.1) is 0 Å². The molecule has 3 N–H and O–H groups in total. The molecule has 4 unspecified atom stereocenters. The van der Waals surface area contributed by atoms with E-state index in [2.05, 4.69) is 5.43 Å². The summed E-state index contributed by atoms with van der Waals surface area (Å²) in [6, 6.07) is 0.343. The summed E-state index contributed by atoms with van der Waals surface area (Å²) in [5.41, 5.74) is 3.15. The predicted octanol–water partition coefficient (Wildman–Crippen LogP) is 3.38. The molecule has 2 bridgehead atoms. The van der Waals surface area contributed by atoms with Crippen molar-refractivity contribution in [3.05, 3.63) is 0 Å². The standard InChI is InChI=1S/C17H32N2O/c1-20-17(8-4-2-3-5-9-17)16(19-18)12-15-11-13-6-7-14(15)10-13/h13-16,19H,2-12,18H2,1H3. The predicted molar refractivity (Wildman–Crippen MR) is 82.1 cm³/mol. The van der Waals surface area contributed by atoms with Crippen LogP contribution < -0.4 is 11.3 Å². The molecule has 0 aromatic heterocycles. The Morgan fingerprint density at radius 2 is 1.90 bits per heavy atom. The molecule has 20 heavy (non-hydrogen) atoms. The minimum atomic E-state index is -0.00686. The molecule has 3 aliphatic rings. The number of ether oxygens (including phenoxy) is 1. The van der Waals surface area contributed by atoms with Crippen molar-refractivity contribution < 1.29 is 4.74 Å². The normalized spacial score (nSPS) is 37.8. The van der Waals surface area contributed by atoms with E-state index in [1.807, 2.05) is 7.11 Å². The topological polar surface area (TPSA) is 47.3 Å². The highest BCUT2D eigenvalue weighted by Gasteiger charge is 2.45. The third-order valence-electron chi connectivity index (χ3n) is 6.62. The van der Waals surface area contributed by atoms with Gasteiger partial charge in [0.2, 0.25) is 0 Å². The Balaban J connectivity index is 1.67. The fourth-order valence-electron chi connectivity index (χ4n) is 5.42. The Bertz CT molecular complexity index is 312. The molecule has 0 spiro atoms. The van der Waals surface area contributed by atoms with Gasteiger partial charge in [0, 0.05) is 7.11 Å². The number of nitrogens with two attached hydrogens (primary N) is 1. The second-order valence-electron chi connectivity index (χ2n) is 7.57. The van der Waals surface area contributed by atoms with Crippen LogP contribution in [0.25, 0.3) is 0 Å². The van der Waals surface area contributed by atoms with Crippen molar-refractivity contribution >= 4 is 0 Å². The molecule has 3 aliphatic carbocycles. The van der Waals surface area contributed by atoms with Crippen LogP contribution in [0.15, 0.2) is 0 Å². The van der Waals surface area contributed by atoms with E-state index >= 15 is 0 Å². The number of nitrogens with one attached hydrogen (secondary N) is 1. The highest BCUT2D eigenvalue weighted by Crippen LogP contribution is 2.51. The second kappa shape index (κ2) is 6.33. The van der Waals surface area contributed by atoms with E-state index in [1.54, 1.807) is 0 Å². The lowest BCUT2D eigenvalue weighted by molar-refractivity contribution is -0.0600. The van der Waals surface area contributed by atoms with Gasteiger partial charge in [-0.3, -0.25) is 11.3 Å². The largest absolute Gasteiger partial charge is 0.377 e. The van der Waals surface area contributed by atoms with Gasteiger partial charge in [0.1, 0.15) is 0 Å². The zero-order valence-electron chi connectivity index (χ0n) is 13.1. The van der Waals surface area contributed by atoms with Crippen molar-refractivity contribution in [1.82, 2.24) is 5.43 Å². The van der Waals surface area contributed by atoms with Crippen LogP contribution in [0, 0.1) is 17.8 Å². The molecule has 3 nitrogen and oxygen atoms in total. The third kappa shape index (κ3) is 2.77. The number of hydrazine groups is 1. The summed E-state index contributed by atoms with van der Waals surface area (Å²) in [6.07, 6.45) is 14.8. The lowest BCUT2D eigenvalue weighted by Crippen LogP contribution is -2.55. The Hall–Kier alpha value is -0.120. The lowest BCUT2D eigenvalue weighted by Gasteiger charge is -2.41. The van der Waals surface area contributed by atoms with Crippen LogP contribution in [0.1, 0.15) is 70.6 Å². The van der Waals surface area contributed by atoms with Gasteiger partial charge < -0.3 is 4.74 Å². The van der Waals surface area contributed by atoms with E-state index in [0.29, 0.717) is 6.04 Å². The summed E-state index contributed by atoms with van der Waals surface area (Å²) in [6.45, 7) is 0. The minimum absolute atomic E-state index is 0.00686. The van der Waals surface area contributed by atoms with Crippen molar-refractivity contribution in [3.63, 3.8) is 0 Å². The number of rotatable bonds is 5. The summed E-state index contributed by atoms with van der Waals surface area (Å²) >= 11 is 0. The lowest BCUT2D eigenvalue weighted by atomic mass is 9.77. The molecule has 0 aromatic carbocycles. The van der Waals surface area contributed by atoms with Crippen molar-refractivity contribution in [3.8, 4) is 0 Å². The van der Waals surface area contributed by atoms with E-state index in [9.17, 15) is 0 Å². The van der Waals surface area contributed by atoms with Crippen LogP contribution in [0.4, 0.5) is 0 Å². The number of hydrogen-bond donors (Lipinski definition) is 2.